The highest BCUT2D eigenvalue weighted by Gasteiger charge is 2.43. The standard InChI is InChI=1S/C19H29NO4/c1-4-23-18(21)19(9-12-22-3)8-6-10-20(15-19)14-16(2)13-17-7-5-11-24-17/h5,7,11,13H,4,6,8-10,12,14-15H2,1-3H3. The first-order valence-electron chi connectivity index (χ1n) is 8.69. The number of furan rings is 1. The number of piperidine rings is 1. The van der Waals surface area contributed by atoms with Crippen LogP contribution in [-0.2, 0) is 14.3 Å². The highest BCUT2D eigenvalue weighted by atomic mass is 16.5. The van der Waals surface area contributed by atoms with Gasteiger partial charge >= 0.3 is 5.97 Å². The molecule has 134 valence electrons. The van der Waals surface area contributed by atoms with Gasteiger partial charge in [-0.3, -0.25) is 9.69 Å². The zero-order chi connectivity index (χ0) is 17.4. The average Bonchev–Trinajstić information content (AvgIpc) is 3.06. The minimum atomic E-state index is -0.449. The van der Waals surface area contributed by atoms with E-state index in [9.17, 15) is 4.79 Å². The molecule has 1 fully saturated rings. The summed E-state index contributed by atoms with van der Waals surface area (Å²) in [5, 5.41) is 0. The van der Waals surface area contributed by atoms with E-state index in [1.165, 1.54) is 5.57 Å². The summed E-state index contributed by atoms with van der Waals surface area (Å²) in [6.07, 6.45) is 6.30. The first-order chi connectivity index (χ1) is 11.6. The Labute approximate surface area is 144 Å². The van der Waals surface area contributed by atoms with Gasteiger partial charge in [0, 0.05) is 26.8 Å². The quantitative estimate of drug-likeness (QED) is 0.682. The van der Waals surface area contributed by atoms with Crippen molar-refractivity contribution in [1.29, 1.82) is 0 Å². The third-order valence-electron chi connectivity index (χ3n) is 4.55. The van der Waals surface area contributed by atoms with E-state index in [0.717, 1.165) is 38.2 Å². The molecule has 1 atom stereocenters. The van der Waals surface area contributed by atoms with E-state index >= 15 is 0 Å². The number of likely N-dealkylation sites (tertiary alicyclic amines) is 1. The Morgan fingerprint density at radius 2 is 2.33 bits per heavy atom. The Morgan fingerprint density at radius 1 is 1.50 bits per heavy atom. The lowest BCUT2D eigenvalue weighted by Crippen LogP contribution is -2.49. The minimum Gasteiger partial charge on any atom is -0.466 e. The van der Waals surface area contributed by atoms with Crippen LogP contribution < -0.4 is 0 Å². The predicted molar refractivity (Wildman–Crippen MR) is 93.6 cm³/mol. The molecule has 1 aromatic rings. The highest BCUT2D eigenvalue weighted by molar-refractivity contribution is 5.77. The smallest absolute Gasteiger partial charge is 0.313 e. The van der Waals surface area contributed by atoms with Gasteiger partial charge in [0.05, 0.1) is 18.3 Å². The summed E-state index contributed by atoms with van der Waals surface area (Å²) in [5.41, 5.74) is 0.770. The second-order valence-corrected chi connectivity index (χ2v) is 6.56. The van der Waals surface area contributed by atoms with Gasteiger partial charge in [-0.2, -0.15) is 0 Å². The Hall–Kier alpha value is -1.59. The summed E-state index contributed by atoms with van der Waals surface area (Å²) in [4.78, 5) is 14.9. The number of carbonyl (C=O) groups is 1. The lowest BCUT2D eigenvalue weighted by atomic mass is 9.77. The topological polar surface area (TPSA) is 51.9 Å². The summed E-state index contributed by atoms with van der Waals surface area (Å²) in [5.74, 6) is 0.778. The van der Waals surface area contributed by atoms with Crippen molar-refractivity contribution in [2.24, 2.45) is 5.41 Å². The van der Waals surface area contributed by atoms with Gasteiger partial charge < -0.3 is 13.9 Å². The Bertz CT molecular complexity index is 538. The van der Waals surface area contributed by atoms with Gasteiger partial charge in [-0.25, -0.2) is 0 Å². The molecule has 0 N–H and O–H groups in total. The van der Waals surface area contributed by atoms with Crippen LogP contribution >= 0.6 is 0 Å². The number of esters is 1. The second-order valence-electron chi connectivity index (χ2n) is 6.56. The number of hydrogen-bond acceptors (Lipinski definition) is 5. The van der Waals surface area contributed by atoms with E-state index in [1.807, 2.05) is 19.1 Å². The predicted octanol–water partition coefficient (Wildman–Crippen LogP) is 3.36. The fourth-order valence-corrected chi connectivity index (χ4v) is 3.43. The van der Waals surface area contributed by atoms with Crippen LogP contribution in [0.1, 0.15) is 38.9 Å². The summed E-state index contributed by atoms with van der Waals surface area (Å²) >= 11 is 0. The zero-order valence-electron chi connectivity index (χ0n) is 15.0. The minimum absolute atomic E-state index is 0.0839. The molecule has 1 unspecified atom stereocenters. The van der Waals surface area contributed by atoms with E-state index < -0.39 is 5.41 Å². The molecule has 2 rings (SSSR count). The first-order valence-corrected chi connectivity index (χ1v) is 8.69. The monoisotopic (exact) mass is 335 g/mol. The number of methoxy groups -OCH3 is 1. The molecule has 0 radical (unpaired) electrons. The molecule has 0 saturated carbocycles. The maximum atomic E-state index is 12.6. The normalized spacial score (nSPS) is 22.5. The largest absolute Gasteiger partial charge is 0.466 e. The SMILES string of the molecule is CCOC(=O)C1(CCOC)CCCN(CC(C)=Cc2ccco2)C1. The van der Waals surface area contributed by atoms with Crippen LogP contribution in [0.5, 0.6) is 0 Å². The van der Waals surface area contributed by atoms with E-state index in [4.69, 9.17) is 13.9 Å². The van der Waals surface area contributed by atoms with Gasteiger partial charge in [-0.15, -0.1) is 0 Å². The van der Waals surface area contributed by atoms with Crippen LogP contribution in [0.3, 0.4) is 0 Å². The number of nitrogens with zero attached hydrogens (tertiary/aromatic N) is 1. The number of rotatable bonds is 8. The fraction of sp³-hybridized carbons (Fsp3) is 0.632. The van der Waals surface area contributed by atoms with Crippen LogP contribution in [-0.4, -0.2) is 50.8 Å². The van der Waals surface area contributed by atoms with Crippen molar-refractivity contribution in [2.45, 2.75) is 33.1 Å². The molecule has 0 bridgehead atoms. The molecular weight excluding hydrogens is 306 g/mol. The van der Waals surface area contributed by atoms with Crippen molar-refractivity contribution in [3.8, 4) is 0 Å². The summed E-state index contributed by atoms with van der Waals surface area (Å²) in [6.45, 7) is 7.50. The van der Waals surface area contributed by atoms with Crippen LogP contribution in [0.4, 0.5) is 0 Å². The Kier molecular flexibility index (Phi) is 7.06. The molecule has 1 aliphatic heterocycles. The van der Waals surface area contributed by atoms with E-state index in [-0.39, 0.29) is 5.97 Å². The molecule has 5 nitrogen and oxygen atoms in total. The molecule has 2 heterocycles. The van der Waals surface area contributed by atoms with E-state index in [1.54, 1.807) is 13.4 Å². The second kappa shape index (κ2) is 9.04. The van der Waals surface area contributed by atoms with Crippen LogP contribution in [0.15, 0.2) is 28.4 Å². The molecule has 0 aliphatic carbocycles. The lowest BCUT2D eigenvalue weighted by Gasteiger charge is -2.41. The third kappa shape index (κ3) is 4.95. The number of hydrogen-bond donors (Lipinski definition) is 0. The van der Waals surface area contributed by atoms with Gasteiger partial charge in [0.15, 0.2) is 0 Å². The van der Waals surface area contributed by atoms with E-state index in [0.29, 0.717) is 19.6 Å². The summed E-state index contributed by atoms with van der Waals surface area (Å²) in [7, 11) is 1.68. The third-order valence-corrected chi connectivity index (χ3v) is 4.55. The van der Waals surface area contributed by atoms with Crippen molar-refractivity contribution in [3.63, 3.8) is 0 Å². The van der Waals surface area contributed by atoms with Crippen LogP contribution in [0, 0.1) is 5.41 Å². The van der Waals surface area contributed by atoms with Crippen LogP contribution in [0.2, 0.25) is 0 Å². The van der Waals surface area contributed by atoms with Crippen molar-refractivity contribution < 1.29 is 18.7 Å². The molecule has 0 spiro atoms. The van der Waals surface area contributed by atoms with Crippen molar-refractivity contribution >= 4 is 12.0 Å². The van der Waals surface area contributed by atoms with Crippen molar-refractivity contribution in [1.82, 2.24) is 4.90 Å². The molecule has 1 aliphatic rings. The summed E-state index contributed by atoms with van der Waals surface area (Å²) in [6, 6.07) is 3.83. The molecule has 24 heavy (non-hydrogen) atoms. The maximum absolute atomic E-state index is 12.6. The fourth-order valence-electron chi connectivity index (χ4n) is 3.43. The molecular formula is C19H29NO4. The first kappa shape index (κ1) is 18.7. The van der Waals surface area contributed by atoms with Crippen LogP contribution in [0.25, 0.3) is 6.08 Å². The highest BCUT2D eigenvalue weighted by Crippen LogP contribution is 2.35. The van der Waals surface area contributed by atoms with Crippen molar-refractivity contribution in [2.75, 3.05) is 40.0 Å². The van der Waals surface area contributed by atoms with Gasteiger partial charge in [-0.05, 0) is 57.9 Å². The molecule has 1 aromatic heterocycles. The lowest BCUT2D eigenvalue weighted by molar-refractivity contribution is -0.160. The maximum Gasteiger partial charge on any atom is 0.313 e. The molecule has 5 heteroatoms. The number of ether oxygens (including phenoxy) is 2. The zero-order valence-corrected chi connectivity index (χ0v) is 15.0. The van der Waals surface area contributed by atoms with Gasteiger partial charge in [0.2, 0.25) is 0 Å². The molecule has 1 saturated heterocycles. The van der Waals surface area contributed by atoms with Gasteiger partial charge in [-0.1, -0.05) is 5.57 Å². The Morgan fingerprint density at radius 3 is 3.00 bits per heavy atom. The molecule has 0 aromatic carbocycles. The van der Waals surface area contributed by atoms with Crippen molar-refractivity contribution in [3.05, 3.63) is 29.7 Å². The van der Waals surface area contributed by atoms with Gasteiger partial charge in [0.1, 0.15) is 5.76 Å². The van der Waals surface area contributed by atoms with Gasteiger partial charge in [0.25, 0.3) is 0 Å². The average molecular weight is 335 g/mol. The van der Waals surface area contributed by atoms with E-state index in [2.05, 4.69) is 17.9 Å². The Balaban J connectivity index is 2.05. The number of carbonyl (C=O) groups excluding carboxylic acids is 1. The molecule has 0 amide bonds. The summed E-state index contributed by atoms with van der Waals surface area (Å²) < 4.78 is 16.0.